The molecule has 0 radical (unpaired) electrons. The van der Waals surface area contributed by atoms with Crippen molar-refractivity contribution in [2.24, 2.45) is 0 Å². The summed E-state index contributed by atoms with van der Waals surface area (Å²) in [6, 6.07) is 10.6. The van der Waals surface area contributed by atoms with Gasteiger partial charge in [0.05, 0.1) is 5.02 Å². The average Bonchev–Trinajstić information content (AvgIpc) is 2.73. The van der Waals surface area contributed by atoms with Crippen molar-refractivity contribution in [2.75, 3.05) is 26.2 Å². The summed E-state index contributed by atoms with van der Waals surface area (Å²) in [6.07, 6.45) is 1.96. The van der Waals surface area contributed by atoms with Crippen molar-refractivity contribution in [3.8, 4) is 16.9 Å². The second kappa shape index (κ2) is 9.33. The molecule has 0 unspecified atom stereocenters. The van der Waals surface area contributed by atoms with Crippen LogP contribution in [0.25, 0.3) is 11.1 Å². The Bertz CT molecular complexity index is 920. The fourth-order valence-corrected chi connectivity index (χ4v) is 3.76. The Balaban J connectivity index is 1.65. The van der Waals surface area contributed by atoms with E-state index < -0.39 is 0 Å². The Morgan fingerprint density at radius 2 is 1.66 bits per heavy atom. The van der Waals surface area contributed by atoms with E-state index in [1.807, 2.05) is 18.2 Å². The molecule has 0 aliphatic carbocycles. The minimum Gasteiger partial charge on any atom is -0.508 e. The van der Waals surface area contributed by atoms with E-state index in [9.17, 15) is 14.7 Å². The van der Waals surface area contributed by atoms with Gasteiger partial charge in [0.2, 0.25) is 11.8 Å². The molecule has 7 heteroatoms. The summed E-state index contributed by atoms with van der Waals surface area (Å²) in [5, 5.41) is 11.3. The van der Waals surface area contributed by atoms with Gasteiger partial charge in [-0.05, 0) is 47.9 Å². The molecule has 5 nitrogen and oxygen atoms in total. The Kier molecular flexibility index (Phi) is 6.83. The third-order valence-electron chi connectivity index (χ3n) is 5.05. The number of hydrogen-bond donors (Lipinski definition) is 1. The lowest BCUT2D eigenvalue weighted by Gasteiger charge is -2.34. The first-order valence-electron chi connectivity index (χ1n) is 9.35. The Morgan fingerprint density at radius 3 is 2.28 bits per heavy atom. The molecule has 2 aromatic rings. The van der Waals surface area contributed by atoms with Crippen LogP contribution in [0.4, 0.5) is 0 Å². The molecule has 0 bridgehead atoms. The number of rotatable bonds is 5. The van der Waals surface area contributed by atoms with Crippen molar-refractivity contribution in [1.82, 2.24) is 9.80 Å². The van der Waals surface area contributed by atoms with E-state index >= 15 is 0 Å². The molecule has 2 amide bonds. The second-order valence-electron chi connectivity index (χ2n) is 6.88. The fourth-order valence-electron chi connectivity index (χ4n) is 3.36. The first-order valence-corrected chi connectivity index (χ1v) is 10.1. The van der Waals surface area contributed by atoms with Crippen molar-refractivity contribution in [3.05, 3.63) is 64.7 Å². The van der Waals surface area contributed by atoms with Crippen LogP contribution in [0.3, 0.4) is 0 Å². The van der Waals surface area contributed by atoms with Gasteiger partial charge in [0.25, 0.3) is 0 Å². The maximum atomic E-state index is 12.6. The minimum atomic E-state index is -0.113. The summed E-state index contributed by atoms with van der Waals surface area (Å²) in [4.78, 5) is 27.6. The summed E-state index contributed by atoms with van der Waals surface area (Å²) >= 11 is 12.3. The van der Waals surface area contributed by atoms with Crippen LogP contribution in [0.5, 0.6) is 5.75 Å². The average molecular weight is 433 g/mol. The van der Waals surface area contributed by atoms with Gasteiger partial charge in [0.1, 0.15) is 5.75 Å². The zero-order chi connectivity index (χ0) is 21.0. The van der Waals surface area contributed by atoms with Gasteiger partial charge in [-0.3, -0.25) is 9.59 Å². The molecule has 152 valence electrons. The zero-order valence-corrected chi connectivity index (χ0v) is 17.4. The molecule has 0 spiro atoms. The number of nitrogens with zero attached hydrogens (tertiary/aromatic N) is 2. The maximum absolute atomic E-state index is 12.6. The Morgan fingerprint density at radius 1 is 1.03 bits per heavy atom. The molecule has 1 aliphatic rings. The van der Waals surface area contributed by atoms with Gasteiger partial charge in [0.15, 0.2) is 0 Å². The Labute approximate surface area is 180 Å². The predicted octanol–water partition coefficient (Wildman–Crippen LogP) is 4.16. The van der Waals surface area contributed by atoms with Crippen molar-refractivity contribution in [2.45, 2.75) is 12.8 Å². The van der Waals surface area contributed by atoms with Gasteiger partial charge >= 0.3 is 0 Å². The van der Waals surface area contributed by atoms with E-state index in [4.69, 9.17) is 23.2 Å². The highest BCUT2D eigenvalue weighted by molar-refractivity contribution is 6.33. The van der Waals surface area contributed by atoms with Crippen LogP contribution in [-0.2, 0) is 16.0 Å². The minimum absolute atomic E-state index is 0.00176. The van der Waals surface area contributed by atoms with Gasteiger partial charge in [-0.15, -0.1) is 0 Å². The molecule has 0 atom stereocenters. The lowest BCUT2D eigenvalue weighted by Crippen LogP contribution is -2.50. The molecule has 1 aliphatic heterocycles. The number of amides is 2. The van der Waals surface area contributed by atoms with Crippen LogP contribution in [0, 0.1) is 0 Å². The molecule has 3 rings (SSSR count). The standard InChI is InChI=1S/C22H22Cl2N2O3/c1-2-21(28)25-9-11-26(12-10-25)22(29)8-5-16-13-18(19(24)14-20(16)27)15-3-6-17(23)7-4-15/h2-4,6-7,13-14,27H,1,5,8-12H2. The lowest BCUT2D eigenvalue weighted by atomic mass is 9.99. The van der Waals surface area contributed by atoms with E-state index in [1.165, 1.54) is 12.1 Å². The summed E-state index contributed by atoms with van der Waals surface area (Å²) in [5.41, 5.74) is 2.32. The first-order chi connectivity index (χ1) is 13.9. The van der Waals surface area contributed by atoms with Crippen LogP contribution < -0.4 is 0 Å². The van der Waals surface area contributed by atoms with Crippen molar-refractivity contribution in [1.29, 1.82) is 0 Å². The SMILES string of the molecule is C=CC(=O)N1CCN(C(=O)CCc2cc(-c3ccc(Cl)cc3)c(Cl)cc2O)CC1. The Hall–Kier alpha value is -2.50. The molecule has 0 saturated carbocycles. The lowest BCUT2D eigenvalue weighted by molar-refractivity contribution is -0.137. The van der Waals surface area contributed by atoms with Gasteiger partial charge < -0.3 is 14.9 Å². The number of piperazine rings is 1. The van der Waals surface area contributed by atoms with Crippen molar-refractivity contribution in [3.63, 3.8) is 0 Å². The molecule has 2 aromatic carbocycles. The number of carbonyl (C=O) groups is 2. The van der Waals surface area contributed by atoms with Crippen molar-refractivity contribution >= 4 is 35.0 Å². The number of aryl methyl sites for hydroxylation is 1. The van der Waals surface area contributed by atoms with E-state index in [1.54, 1.807) is 21.9 Å². The van der Waals surface area contributed by atoms with E-state index in [-0.39, 0.29) is 24.0 Å². The van der Waals surface area contributed by atoms with Gasteiger partial charge in [-0.1, -0.05) is 41.9 Å². The number of aromatic hydroxyl groups is 1. The van der Waals surface area contributed by atoms with Gasteiger partial charge in [-0.25, -0.2) is 0 Å². The first kappa shape index (κ1) is 21.2. The number of benzene rings is 2. The number of phenolic OH excluding ortho intramolecular Hbond substituents is 1. The normalized spacial score (nSPS) is 14.0. The molecular weight excluding hydrogens is 411 g/mol. The third kappa shape index (κ3) is 5.11. The number of hydrogen-bond acceptors (Lipinski definition) is 3. The zero-order valence-electron chi connectivity index (χ0n) is 15.9. The van der Waals surface area contributed by atoms with Crippen LogP contribution in [0.1, 0.15) is 12.0 Å². The highest BCUT2D eigenvalue weighted by Gasteiger charge is 2.23. The molecule has 1 heterocycles. The predicted molar refractivity (Wildman–Crippen MR) is 115 cm³/mol. The van der Waals surface area contributed by atoms with Crippen LogP contribution in [0.15, 0.2) is 49.1 Å². The molecule has 1 N–H and O–H groups in total. The summed E-state index contributed by atoms with van der Waals surface area (Å²) in [6.45, 7) is 5.50. The van der Waals surface area contributed by atoms with Crippen LogP contribution in [-0.4, -0.2) is 52.9 Å². The fraction of sp³-hybridized carbons (Fsp3) is 0.273. The van der Waals surface area contributed by atoms with Crippen LogP contribution in [0.2, 0.25) is 10.0 Å². The van der Waals surface area contributed by atoms with E-state index in [0.717, 1.165) is 11.1 Å². The summed E-state index contributed by atoms with van der Waals surface area (Å²) in [7, 11) is 0. The molecule has 1 saturated heterocycles. The van der Waals surface area contributed by atoms with Crippen LogP contribution >= 0.6 is 23.2 Å². The largest absolute Gasteiger partial charge is 0.508 e. The summed E-state index contributed by atoms with van der Waals surface area (Å²) < 4.78 is 0. The van der Waals surface area contributed by atoms with Gasteiger partial charge in [0, 0.05) is 43.2 Å². The quantitative estimate of drug-likeness (QED) is 0.721. The van der Waals surface area contributed by atoms with E-state index in [0.29, 0.717) is 48.2 Å². The maximum Gasteiger partial charge on any atom is 0.246 e. The highest BCUT2D eigenvalue weighted by Crippen LogP contribution is 2.34. The number of halogens is 2. The third-order valence-corrected chi connectivity index (χ3v) is 5.62. The monoisotopic (exact) mass is 432 g/mol. The highest BCUT2D eigenvalue weighted by atomic mass is 35.5. The smallest absolute Gasteiger partial charge is 0.246 e. The van der Waals surface area contributed by atoms with Crippen molar-refractivity contribution < 1.29 is 14.7 Å². The summed E-state index contributed by atoms with van der Waals surface area (Å²) in [5.74, 6) is -0.0436. The molecule has 0 aromatic heterocycles. The molecular formula is C22H22Cl2N2O3. The van der Waals surface area contributed by atoms with Gasteiger partial charge in [-0.2, -0.15) is 0 Å². The number of carbonyl (C=O) groups excluding carboxylic acids is 2. The molecule has 1 fully saturated rings. The van der Waals surface area contributed by atoms with E-state index in [2.05, 4.69) is 6.58 Å². The topological polar surface area (TPSA) is 60.9 Å². The molecule has 29 heavy (non-hydrogen) atoms. The number of phenols is 1. The second-order valence-corrected chi connectivity index (χ2v) is 7.72.